The lowest BCUT2D eigenvalue weighted by molar-refractivity contribution is 0.0526. The summed E-state index contributed by atoms with van der Waals surface area (Å²) in [5.41, 5.74) is 1.54. The Bertz CT molecular complexity index is 961. The highest BCUT2D eigenvalue weighted by molar-refractivity contribution is 7.99. The number of aromatic hydroxyl groups is 2. The zero-order valence-electron chi connectivity index (χ0n) is 14.9. The number of phenols is 2. The zero-order chi connectivity index (χ0) is 20.1. The molecule has 28 heavy (non-hydrogen) atoms. The molecular formula is C18H18N4O5S. The molecule has 3 N–H and O–H groups in total. The molecule has 1 atom stereocenters. The number of rotatable bonds is 7. The number of esters is 1. The molecule has 0 amide bonds. The summed E-state index contributed by atoms with van der Waals surface area (Å²) in [5.74, 6) is -0.724. The maximum absolute atomic E-state index is 11.7. The number of hydrogen-bond acceptors (Lipinski definition) is 9. The molecule has 0 aliphatic heterocycles. The normalized spacial score (nSPS) is 11.9. The number of carbonyl (C=O) groups excluding carboxylic acids is 1. The first-order chi connectivity index (χ1) is 13.5. The van der Waals surface area contributed by atoms with E-state index in [1.807, 2.05) is 0 Å². The number of benzene rings is 2. The van der Waals surface area contributed by atoms with E-state index in [0.717, 1.165) is 0 Å². The molecule has 0 saturated carbocycles. The van der Waals surface area contributed by atoms with Gasteiger partial charge in [0.2, 0.25) is 5.16 Å². The minimum atomic E-state index is -0.896. The first kappa shape index (κ1) is 19.6. The number of aliphatic hydroxyl groups excluding tert-OH is 1. The third kappa shape index (κ3) is 4.41. The molecular weight excluding hydrogens is 384 g/mol. The van der Waals surface area contributed by atoms with Crippen LogP contribution in [0.2, 0.25) is 0 Å². The number of nitrogens with zero attached hydrogens (tertiary/aromatic N) is 4. The van der Waals surface area contributed by atoms with E-state index < -0.39 is 12.1 Å². The van der Waals surface area contributed by atoms with Gasteiger partial charge in [0.25, 0.3) is 0 Å². The average Bonchev–Trinajstić information content (AvgIpc) is 3.17. The van der Waals surface area contributed by atoms with E-state index in [9.17, 15) is 20.1 Å². The van der Waals surface area contributed by atoms with Gasteiger partial charge in [-0.25, -0.2) is 4.79 Å². The first-order valence-corrected chi connectivity index (χ1v) is 9.36. The number of phenolic OH excluding ortho intramolecular Hbond substituents is 2. The second-order valence-corrected chi connectivity index (χ2v) is 6.70. The van der Waals surface area contributed by atoms with Gasteiger partial charge in [-0.2, -0.15) is 4.68 Å². The van der Waals surface area contributed by atoms with Crippen molar-refractivity contribution in [3.05, 3.63) is 53.6 Å². The van der Waals surface area contributed by atoms with Crippen molar-refractivity contribution >= 4 is 17.7 Å². The van der Waals surface area contributed by atoms with E-state index in [1.54, 1.807) is 31.2 Å². The van der Waals surface area contributed by atoms with Crippen LogP contribution < -0.4 is 0 Å². The number of aromatic nitrogens is 4. The molecule has 0 fully saturated rings. The first-order valence-electron chi connectivity index (χ1n) is 8.38. The smallest absolute Gasteiger partial charge is 0.338 e. The summed E-state index contributed by atoms with van der Waals surface area (Å²) < 4.78 is 6.44. The molecule has 0 aliphatic rings. The second-order valence-electron chi connectivity index (χ2n) is 5.72. The Morgan fingerprint density at radius 3 is 2.61 bits per heavy atom. The lowest BCUT2D eigenvalue weighted by Gasteiger charge is -2.11. The van der Waals surface area contributed by atoms with E-state index in [2.05, 4.69) is 15.5 Å². The van der Waals surface area contributed by atoms with Gasteiger partial charge in [-0.05, 0) is 59.3 Å². The van der Waals surface area contributed by atoms with Gasteiger partial charge in [0.05, 0.1) is 24.0 Å². The molecule has 0 radical (unpaired) electrons. The van der Waals surface area contributed by atoms with E-state index >= 15 is 0 Å². The van der Waals surface area contributed by atoms with Crippen molar-refractivity contribution in [1.29, 1.82) is 0 Å². The van der Waals surface area contributed by atoms with Crippen molar-refractivity contribution in [2.75, 3.05) is 12.4 Å². The number of ether oxygens (including phenoxy) is 1. The average molecular weight is 402 g/mol. The zero-order valence-corrected chi connectivity index (χ0v) is 15.7. The number of tetrazole rings is 1. The lowest BCUT2D eigenvalue weighted by atomic mass is 10.1. The van der Waals surface area contributed by atoms with Gasteiger partial charge in [-0.15, -0.1) is 5.10 Å². The number of thioether (sulfide) groups is 1. The summed E-state index contributed by atoms with van der Waals surface area (Å²) in [6.45, 7) is 2.04. The number of carbonyl (C=O) groups is 1. The van der Waals surface area contributed by atoms with E-state index in [4.69, 9.17) is 4.74 Å². The van der Waals surface area contributed by atoms with Crippen molar-refractivity contribution < 1.29 is 24.9 Å². The van der Waals surface area contributed by atoms with Gasteiger partial charge >= 0.3 is 5.97 Å². The summed E-state index contributed by atoms with van der Waals surface area (Å²) in [4.78, 5) is 11.7. The van der Waals surface area contributed by atoms with E-state index in [0.29, 0.717) is 28.6 Å². The standard InChI is InChI=1S/C18H18N4O5S/c1-2-27-17(26)11-3-6-13(7-4-11)22-18(19-20-21-22)28-10-16(25)12-5-8-14(23)15(24)9-12/h3-9,16,23-25H,2,10H2,1H3. The fourth-order valence-corrected chi connectivity index (χ4v) is 3.24. The SMILES string of the molecule is CCOC(=O)c1ccc(-n2nnnc2SCC(O)c2ccc(O)c(O)c2)cc1. The Kier molecular flexibility index (Phi) is 6.12. The molecule has 10 heteroatoms. The van der Waals surface area contributed by atoms with Crippen molar-refractivity contribution in [2.45, 2.75) is 18.2 Å². The quantitative estimate of drug-likeness (QED) is 0.309. The highest BCUT2D eigenvalue weighted by atomic mass is 32.2. The highest BCUT2D eigenvalue weighted by Gasteiger charge is 2.15. The van der Waals surface area contributed by atoms with Gasteiger partial charge in [-0.3, -0.25) is 0 Å². The van der Waals surface area contributed by atoms with Crippen LogP contribution in [0.4, 0.5) is 0 Å². The van der Waals surface area contributed by atoms with Gasteiger partial charge in [0, 0.05) is 5.75 Å². The van der Waals surface area contributed by atoms with Crippen LogP contribution in [0.15, 0.2) is 47.6 Å². The third-order valence-corrected chi connectivity index (χ3v) is 4.81. The molecule has 0 spiro atoms. The minimum absolute atomic E-state index is 0.228. The summed E-state index contributed by atoms with van der Waals surface area (Å²) >= 11 is 1.22. The van der Waals surface area contributed by atoms with Gasteiger partial charge in [0.15, 0.2) is 11.5 Å². The van der Waals surface area contributed by atoms with Crippen molar-refractivity contribution in [2.24, 2.45) is 0 Å². The second kappa shape index (κ2) is 8.72. The minimum Gasteiger partial charge on any atom is -0.504 e. The fraction of sp³-hybridized carbons (Fsp3) is 0.222. The summed E-state index contributed by atoms with van der Waals surface area (Å²) in [6.07, 6.45) is -0.896. The lowest BCUT2D eigenvalue weighted by Crippen LogP contribution is -2.06. The van der Waals surface area contributed by atoms with Crippen molar-refractivity contribution in [3.63, 3.8) is 0 Å². The largest absolute Gasteiger partial charge is 0.504 e. The van der Waals surface area contributed by atoms with Crippen LogP contribution in [-0.4, -0.2) is 53.9 Å². The molecule has 3 aromatic rings. The Balaban J connectivity index is 1.70. The maximum atomic E-state index is 11.7. The van der Waals surface area contributed by atoms with Crippen LogP contribution >= 0.6 is 11.8 Å². The fourth-order valence-electron chi connectivity index (χ4n) is 2.38. The topological polar surface area (TPSA) is 131 Å². The molecule has 1 heterocycles. The van der Waals surface area contributed by atoms with E-state index in [1.165, 1.54) is 34.6 Å². The van der Waals surface area contributed by atoms with Crippen LogP contribution in [0.3, 0.4) is 0 Å². The summed E-state index contributed by atoms with van der Waals surface area (Å²) in [7, 11) is 0. The summed E-state index contributed by atoms with van der Waals surface area (Å²) in [6, 6.07) is 10.8. The Hall–Kier alpha value is -3.11. The predicted molar refractivity (Wildman–Crippen MR) is 101 cm³/mol. The predicted octanol–water partition coefficient (Wildman–Crippen LogP) is 2.08. The Labute approximate surface area is 164 Å². The van der Waals surface area contributed by atoms with Crippen LogP contribution in [0, 0.1) is 0 Å². The molecule has 3 rings (SSSR count). The molecule has 1 aromatic heterocycles. The molecule has 1 unspecified atom stereocenters. The number of aliphatic hydroxyl groups is 1. The van der Waals surface area contributed by atoms with Crippen LogP contribution in [0.25, 0.3) is 5.69 Å². The monoisotopic (exact) mass is 402 g/mol. The highest BCUT2D eigenvalue weighted by Crippen LogP contribution is 2.30. The molecule has 0 saturated heterocycles. The molecule has 0 bridgehead atoms. The molecule has 146 valence electrons. The van der Waals surface area contributed by atoms with Crippen LogP contribution in [-0.2, 0) is 4.74 Å². The van der Waals surface area contributed by atoms with Crippen LogP contribution in [0.5, 0.6) is 11.5 Å². The molecule has 9 nitrogen and oxygen atoms in total. The maximum Gasteiger partial charge on any atom is 0.338 e. The summed E-state index contributed by atoms with van der Waals surface area (Å²) in [5, 5.41) is 41.2. The third-order valence-electron chi connectivity index (χ3n) is 3.82. The van der Waals surface area contributed by atoms with Crippen molar-refractivity contribution in [3.8, 4) is 17.2 Å². The Morgan fingerprint density at radius 1 is 1.18 bits per heavy atom. The van der Waals surface area contributed by atoms with E-state index in [-0.39, 0.29) is 17.3 Å². The van der Waals surface area contributed by atoms with Gasteiger partial charge in [0.1, 0.15) is 0 Å². The van der Waals surface area contributed by atoms with Crippen molar-refractivity contribution in [1.82, 2.24) is 20.2 Å². The molecule has 2 aromatic carbocycles. The van der Waals surface area contributed by atoms with Crippen LogP contribution in [0.1, 0.15) is 28.9 Å². The van der Waals surface area contributed by atoms with Gasteiger partial charge in [-0.1, -0.05) is 17.8 Å². The number of hydrogen-bond donors (Lipinski definition) is 3. The Morgan fingerprint density at radius 2 is 1.93 bits per heavy atom. The molecule has 0 aliphatic carbocycles. The van der Waals surface area contributed by atoms with Gasteiger partial charge < -0.3 is 20.1 Å².